The van der Waals surface area contributed by atoms with Crippen molar-refractivity contribution in [2.45, 2.75) is 0 Å². The monoisotopic (exact) mass is 893 g/mol. The fourth-order valence-corrected chi connectivity index (χ4v) is 11.3. The van der Waals surface area contributed by atoms with E-state index in [0.717, 1.165) is 83.1 Å². The third kappa shape index (κ3) is 5.54. The number of fused-ring (bicyclic) bond motifs is 13. The van der Waals surface area contributed by atoms with E-state index in [0.29, 0.717) is 17.6 Å². The molecule has 0 spiro atoms. The molecule has 15 aromatic rings. The van der Waals surface area contributed by atoms with Crippen molar-refractivity contribution in [3.8, 4) is 45.8 Å². The molecule has 5 aromatic heterocycles. The van der Waals surface area contributed by atoms with E-state index in [1.54, 1.807) is 0 Å². The molecule has 0 saturated heterocycles. The van der Waals surface area contributed by atoms with Crippen LogP contribution in [0.25, 0.3) is 133 Å². The normalized spacial score (nSPS) is 12.0. The molecule has 0 aliphatic rings. The number of hydrogen-bond donors (Lipinski definition) is 0. The summed E-state index contributed by atoms with van der Waals surface area (Å²) in [5.74, 6) is 1.72. The molecule has 10 aromatic carbocycles. The molecule has 326 valence electrons. The summed E-state index contributed by atoms with van der Waals surface area (Å²) in [7, 11) is 0. The molecule has 15 rings (SSSR count). The van der Waals surface area contributed by atoms with Gasteiger partial charge in [-0.2, -0.15) is 9.97 Å². The average Bonchev–Trinajstić information content (AvgIpc) is 4.16. The Balaban J connectivity index is 1.10. The van der Waals surface area contributed by atoms with Crippen molar-refractivity contribution in [2.24, 2.45) is 0 Å². The van der Waals surface area contributed by atoms with Crippen LogP contribution in [0.2, 0.25) is 0 Å². The Morgan fingerprint density at radius 3 is 1.27 bits per heavy atom. The molecule has 0 radical (unpaired) electrons. The summed E-state index contributed by atoms with van der Waals surface area (Å²) in [5, 5.41) is 9.34. The van der Waals surface area contributed by atoms with Crippen LogP contribution in [0.5, 0.6) is 0 Å². The Hall–Kier alpha value is -9.59. The van der Waals surface area contributed by atoms with Gasteiger partial charge in [0.25, 0.3) is 0 Å². The van der Waals surface area contributed by atoms with Crippen LogP contribution in [0.3, 0.4) is 0 Å². The van der Waals surface area contributed by atoms with Crippen molar-refractivity contribution in [1.29, 1.82) is 0 Å². The zero-order valence-corrected chi connectivity index (χ0v) is 37.6. The molecule has 0 amide bonds. The van der Waals surface area contributed by atoms with E-state index in [4.69, 9.17) is 15.0 Å². The Morgan fingerprint density at radius 2 is 0.686 bits per heavy atom. The molecule has 0 unspecified atom stereocenters. The van der Waals surface area contributed by atoms with Gasteiger partial charge in [-0.05, 0) is 66.7 Å². The zero-order chi connectivity index (χ0) is 45.9. The first-order valence-electron chi connectivity index (χ1n) is 23.7. The van der Waals surface area contributed by atoms with Crippen LogP contribution < -0.4 is 0 Å². The van der Waals surface area contributed by atoms with Crippen molar-refractivity contribution in [3.05, 3.63) is 237 Å². The van der Waals surface area contributed by atoms with E-state index in [9.17, 15) is 0 Å². The molecule has 7 heteroatoms. The van der Waals surface area contributed by atoms with Crippen molar-refractivity contribution in [1.82, 2.24) is 33.2 Å². The molecule has 0 atom stereocenters. The van der Waals surface area contributed by atoms with E-state index >= 15 is 0 Å². The number of para-hydroxylation sites is 7. The van der Waals surface area contributed by atoms with Gasteiger partial charge in [0.1, 0.15) is 0 Å². The van der Waals surface area contributed by atoms with Crippen LogP contribution in [0.15, 0.2) is 237 Å². The zero-order valence-electron chi connectivity index (χ0n) is 37.6. The summed E-state index contributed by atoms with van der Waals surface area (Å²) >= 11 is 0. The van der Waals surface area contributed by atoms with Gasteiger partial charge in [0.15, 0.2) is 11.6 Å². The fraction of sp³-hybridized carbons (Fsp3) is 0. The minimum atomic E-state index is 0.536. The first-order chi connectivity index (χ1) is 34.8. The van der Waals surface area contributed by atoms with Gasteiger partial charge in [-0.15, -0.1) is 0 Å². The van der Waals surface area contributed by atoms with Crippen LogP contribution in [0.1, 0.15) is 0 Å². The molecule has 0 saturated carbocycles. The van der Waals surface area contributed by atoms with Gasteiger partial charge in [-0.25, -0.2) is 4.98 Å². The van der Waals surface area contributed by atoms with Crippen LogP contribution >= 0.6 is 0 Å². The maximum atomic E-state index is 5.55. The lowest BCUT2D eigenvalue weighted by Crippen LogP contribution is -2.07. The Labute approximate surface area is 401 Å². The standard InChI is InChI=1S/C63H39N7/c1-4-20-40(21-5-1)61-64-62(41-36-37-47-46-28-10-15-31-50(46)67(55(47)38-41)42-22-6-2-7-23-42)66-63(65-61)70-54-35-19-14-30-49(54)59-57(70)39-56(69-51-32-16-11-26-44(51)45-27-12-17-33-52(45)69)58-48-29-13-18-34-53(48)68(60(58)59)43-24-8-3-9-25-43/h1-39H. The van der Waals surface area contributed by atoms with Crippen LogP contribution in [0.4, 0.5) is 0 Å². The Bertz CT molecular complexity index is 4520. The van der Waals surface area contributed by atoms with Gasteiger partial charge in [0.05, 0.1) is 49.8 Å². The summed E-state index contributed by atoms with van der Waals surface area (Å²) in [6, 6.07) is 84.3. The van der Waals surface area contributed by atoms with E-state index < -0.39 is 0 Å². The van der Waals surface area contributed by atoms with Crippen LogP contribution in [0, 0.1) is 0 Å². The van der Waals surface area contributed by atoms with Crippen molar-refractivity contribution in [2.75, 3.05) is 0 Å². The summed E-state index contributed by atoms with van der Waals surface area (Å²) in [6.45, 7) is 0. The third-order valence-electron chi connectivity index (χ3n) is 14.2. The topological polar surface area (TPSA) is 58.4 Å². The molecule has 0 aliphatic carbocycles. The number of aromatic nitrogens is 7. The first kappa shape index (κ1) is 38.5. The number of nitrogens with zero attached hydrogens (tertiary/aromatic N) is 7. The predicted octanol–water partition coefficient (Wildman–Crippen LogP) is 15.6. The van der Waals surface area contributed by atoms with E-state index in [2.05, 4.69) is 237 Å². The highest BCUT2D eigenvalue weighted by atomic mass is 15.2. The first-order valence-corrected chi connectivity index (χ1v) is 23.7. The smallest absolute Gasteiger partial charge is 0.238 e. The highest BCUT2D eigenvalue weighted by Crippen LogP contribution is 2.47. The fourth-order valence-electron chi connectivity index (χ4n) is 11.3. The number of rotatable bonds is 6. The van der Waals surface area contributed by atoms with Gasteiger partial charge in [-0.1, -0.05) is 170 Å². The second-order valence-corrected chi connectivity index (χ2v) is 18.0. The van der Waals surface area contributed by atoms with Gasteiger partial charge < -0.3 is 13.7 Å². The van der Waals surface area contributed by atoms with E-state index in [1.165, 1.54) is 32.3 Å². The highest BCUT2D eigenvalue weighted by molar-refractivity contribution is 6.29. The van der Waals surface area contributed by atoms with Crippen molar-refractivity contribution < 1.29 is 0 Å². The lowest BCUT2D eigenvalue weighted by molar-refractivity contribution is 0.953. The molecule has 70 heavy (non-hydrogen) atoms. The summed E-state index contributed by atoms with van der Waals surface area (Å²) < 4.78 is 9.53. The Kier molecular flexibility index (Phi) is 8.23. The van der Waals surface area contributed by atoms with Crippen LogP contribution in [-0.4, -0.2) is 33.2 Å². The number of hydrogen-bond acceptors (Lipinski definition) is 3. The van der Waals surface area contributed by atoms with E-state index in [-0.39, 0.29) is 0 Å². The van der Waals surface area contributed by atoms with Crippen LogP contribution in [-0.2, 0) is 0 Å². The summed E-state index contributed by atoms with van der Waals surface area (Å²) in [6.07, 6.45) is 0. The maximum Gasteiger partial charge on any atom is 0.238 e. The maximum absolute atomic E-state index is 5.55. The lowest BCUT2D eigenvalue weighted by Gasteiger charge is -2.15. The largest absolute Gasteiger partial charge is 0.309 e. The minimum Gasteiger partial charge on any atom is -0.309 e. The molecule has 7 nitrogen and oxygen atoms in total. The molecule has 0 N–H and O–H groups in total. The molecular weight excluding hydrogens is 855 g/mol. The molecule has 0 fully saturated rings. The highest BCUT2D eigenvalue weighted by Gasteiger charge is 2.27. The summed E-state index contributed by atoms with van der Waals surface area (Å²) in [5.41, 5.74) is 13.8. The minimum absolute atomic E-state index is 0.536. The SMILES string of the molecule is c1ccc(-c2nc(-c3ccc4c5ccccc5n(-c5ccccc5)c4c3)nc(-n3c4ccccc4c4c3cc(-n3c5ccccc5c5ccccc53)c3c5ccccc5n(-c5ccccc5)c34)n2)cc1. The third-order valence-corrected chi connectivity index (χ3v) is 14.2. The van der Waals surface area contributed by atoms with Gasteiger partial charge in [-0.3, -0.25) is 4.57 Å². The van der Waals surface area contributed by atoms with Crippen molar-refractivity contribution in [3.63, 3.8) is 0 Å². The number of benzene rings is 10. The predicted molar refractivity (Wildman–Crippen MR) is 288 cm³/mol. The van der Waals surface area contributed by atoms with Gasteiger partial charge in [0, 0.05) is 65.6 Å². The van der Waals surface area contributed by atoms with E-state index in [1.807, 2.05) is 18.2 Å². The molecule has 0 bridgehead atoms. The summed E-state index contributed by atoms with van der Waals surface area (Å²) in [4.78, 5) is 16.3. The average molecular weight is 894 g/mol. The second kappa shape index (κ2) is 15.0. The molecular formula is C63H39N7. The Morgan fingerprint density at radius 1 is 0.257 bits per heavy atom. The second-order valence-electron chi connectivity index (χ2n) is 18.0. The van der Waals surface area contributed by atoms with Gasteiger partial charge >= 0.3 is 0 Å². The molecule has 0 aliphatic heterocycles. The quantitative estimate of drug-likeness (QED) is 0.167. The van der Waals surface area contributed by atoms with Gasteiger partial charge in [0.2, 0.25) is 5.95 Å². The molecule has 5 heterocycles. The van der Waals surface area contributed by atoms with Crippen molar-refractivity contribution >= 4 is 87.2 Å². The lowest BCUT2D eigenvalue weighted by atomic mass is 10.0.